The SMILES string of the molecule is CC(=O)c1c(-c2ccco2)[nH]c2ccccc12. The van der Waals surface area contributed by atoms with Gasteiger partial charge in [-0.2, -0.15) is 0 Å². The maximum Gasteiger partial charge on any atom is 0.162 e. The third-order valence-corrected chi connectivity index (χ3v) is 2.83. The van der Waals surface area contributed by atoms with Crippen molar-refractivity contribution in [2.45, 2.75) is 6.92 Å². The monoisotopic (exact) mass is 225 g/mol. The lowest BCUT2D eigenvalue weighted by molar-refractivity contribution is 0.101. The smallest absolute Gasteiger partial charge is 0.162 e. The molecule has 17 heavy (non-hydrogen) atoms. The summed E-state index contributed by atoms with van der Waals surface area (Å²) in [5.74, 6) is 0.722. The summed E-state index contributed by atoms with van der Waals surface area (Å²) in [4.78, 5) is 15.0. The molecule has 1 aromatic carbocycles. The summed E-state index contributed by atoms with van der Waals surface area (Å²) in [6, 6.07) is 11.4. The average Bonchev–Trinajstić information content (AvgIpc) is 2.95. The van der Waals surface area contributed by atoms with Crippen molar-refractivity contribution in [3.05, 3.63) is 48.2 Å². The number of fused-ring (bicyclic) bond motifs is 1. The highest BCUT2D eigenvalue weighted by Crippen LogP contribution is 2.30. The molecule has 0 unspecified atom stereocenters. The summed E-state index contributed by atoms with van der Waals surface area (Å²) in [6.07, 6.45) is 1.60. The summed E-state index contributed by atoms with van der Waals surface area (Å²) in [5, 5.41) is 0.936. The van der Waals surface area contributed by atoms with Gasteiger partial charge in [-0.25, -0.2) is 0 Å². The lowest BCUT2D eigenvalue weighted by atomic mass is 10.1. The summed E-state index contributed by atoms with van der Waals surface area (Å²) < 4.78 is 5.36. The molecule has 3 nitrogen and oxygen atoms in total. The third kappa shape index (κ3) is 1.47. The molecule has 0 bridgehead atoms. The number of hydrogen-bond donors (Lipinski definition) is 1. The summed E-state index contributed by atoms with van der Waals surface area (Å²) in [6.45, 7) is 1.57. The van der Waals surface area contributed by atoms with Crippen molar-refractivity contribution >= 4 is 16.7 Å². The molecule has 3 aromatic rings. The van der Waals surface area contributed by atoms with Gasteiger partial charge in [-0.1, -0.05) is 18.2 Å². The minimum atomic E-state index is 0.0360. The van der Waals surface area contributed by atoms with Gasteiger partial charge in [0.15, 0.2) is 11.5 Å². The van der Waals surface area contributed by atoms with Crippen LogP contribution in [0.4, 0.5) is 0 Å². The van der Waals surface area contributed by atoms with E-state index in [1.807, 2.05) is 36.4 Å². The molecule has 84 valence electrons. The van der Waals surface area contributed by atoms with Gasteiger partial charge in [0.05, 0.1) is 17.5 Å². The van der Waals surface area contributed by atoms with Gasteiger partial charge in [0, 0.05) is 10.9 Å². The fourth-order valence-corrected chi connectivity index (χ4v) is 2.11. The van der Waals surface area contributed by atoms with Crippen LogP contribution in [0.3, 0.4) is 0 Å². The second-order valence-corrected chi connectivity index (χ2v) is 3.95. The number of carbonyl (C=O) groups is 1. The van der Waals surface area contributed by atoms with Crippen molar-refractivity contribution in [1.82, 2.24) is 4.98 Å². The number of nitrogens with one attached hydrogen (secondary N) is 1. The Morgan fingerprint density at radius 3 is 2.71 bits per heavy atom. The van der Waals surface area contributed by atoms with Crippen LogP contribution in [0, 0.1) is 0 Å². The summed E-state index contributed by atoms with van der Waals surface area (Å²) in [5.41, 5.74) is 2.39. The van der Waals surface area contributed by atoms with E-state index in [1.165, 1.54) is 0 Å². The maximum absolute atomic E-state index is 11.8. The molecule has 0 aliphatic carbocycles. The molecule has 0 aliphatic rings. The molecular weight excluding hydrogens is 214 g/mol. The number of para-hydroxylation sites is 1. The van der Waals surface area contributed by atoms with Crippen LogP contribution in [0.5, 0.6) is 0 Å². The Morgan fingerprint density at radius 1 is 1.18 bits per heavy atom. The Kier molecular flexibility index (Phi) is 2.11. The van der Waals surface area contributed by atoms with Gasteiger partial charge < -0.3 is 9.40 Å². The number of furan rings is 1. The van der Waals surface area contributed by atoms with Gasteiger partial charge >= 0.3 is 0 Å². The van der Waals surface area contributed by atoms with Crippen molar-refractivity contribution in [2.24, 2.45) is 0 Å². The average molecular weight is 225 g/mol. The van der Waals surface area contributed by atoms with Crippen molar-refractivity contribution in [3.8, 4) is 11.5 Å². The summed E-state index contributed by atoms with van der Waals surface area (Å²) in [7, 11) is 0. The lowest BCUT2D eigenvalue weighted by Crippen LogP contribution is -1.92. The number of benzene rings is 1. The fourth-order valence-electron chi connectivity index (χ4n) is 2.11. The van der Waals surface area contributed by atoms with E-state index < -0.39 is 0 Å². The Labute approximate surface area is 98.1 Å². The molecular formula is C14H11NO2. The lowest BCUT2D eigenvalue weighted by Gasteiger charge is -1.97. The van der Waals surface area contributed by atoms with Gasteiger partial charge in [-0.05, 0) is 25.1 Å². The molecule has 1 N–H and O–H groups in total. The highest BCUT2D eigenvalue weighted by molar-refractivity contribution is 6.11. The number of aromatic amines is 1. The zero-order chi connectivity index (χ0) is 11.8. The van der Waals surface area contributed by atoms with E-state index in [0.29, 0.717) is 11.3 Å². The number of H-pyrrole nitrogens is 1. The molecule has 0 radical (unpaired) electrons. The van der Waals surface area contributed by atoms with Crippen LogP contribution in [0.15, 0.2) is 47.1 Å². The van der Waals surface area contributed by atoms with E-state index in [4.69, 9.17) is 4.42 Å². The summed E-state index contributed by atoms with van der Waals surface area (Å²) >= 11 is 0. The van der Waals surface area contributed by atoms with Crippen LogP contribution in [0.25, 0.3) is 22.4 Å². The minimum Gasteiger partial charge on any atom is -0.463 e. The van der Waals surface area contributed by atoms with Crippen molar-refractivity contribution in [2.75, 3.05) is 0 Å². The predicted octanol–water partition coefficient (Wildman–Crippen LogP) is 3.63. The van der Waals surface area contributed by atoms with E-state index in [0.717, 1.165) is 16.6 Å². The van der Waals surface area contributed by atoms with Crippen molar-refractivity contribution in [3.63, 3.8) is 0 Å². The fraction of sp³-hybridized carbons (Fsp3) is 0.0714. The topological polar surface area (TPSA) is 46.0 Å². The second-order valence-electron chi connectivity index (χ2n) is 3.95. The highest BCUT2D eigenvalue weighted by Gasteiger charge is 2.17. The molecule has 0 atom stereocenters. The molecule has 3 heteroatoms. The first-order chi connectivity index (χ1) is 8.27. The standard InChI is InChI=1S/C14H11NO2/c1-9(16)13-10-5-2-3-6-11(10)15-14(13)12-7-4-8-17-12/h2-8,15H,1H3. The van der Waals surface area contributed by atoms with Gasteiger partial charge in [-0.15, -0.1) is 0 Å². The molecule has 0 amide bonds. The van der Waals surface area contributed by atoms with Crippen LogP contribution in [-0.4, -0.2) is 10.8 Å². The number of aromatic nitrogens is 1. The molecule has 0 saturated carbocycles. The first-order valence-corrected chi connectivity index (χ1v) is 5.43. The van der Waals surface area contributed by atoms with Crippen molar-refractivity contribution in [1.29, 1.82) is 0 Å². The number of carbonyl (C=O) groups excluding carboxylic acids is 1. The third-order valence-electron chi connectivity index (χ3n) is 2.83. The van der Waals surface area contributed by atoms with Gasteiger partial charge in [0.1, 0.15) is 0 Å². The first-order valence-electron chi connectivity index (χ1n) is 5.43. The van der Waals surface area contributed by atoms with Crippen LogP contribution in [-0.2, 0) is 0 Å². The largest absolute Gasteiger partial charge is 0.463 e. The predicted molar refractivity (Wildman–Crippen MR) is 66.0 cm³/mol. The van der Waals surface area contributed by atoms with Gasteiger partial charge in [0.25, 0.3) is 0 Å². The molecule has 3 rings (SSSR count). The Hall–Kier alpha value is -2.29. The minimum absolute atomic E-state index is 0.0360. The molecule has 0 aliphatic heterocycles. The number of ketones is 1. The normalized spacial score (nSPS) is 10.9. The van der Waals surface area contributed by atoms with Crippen LogP contribution < -0.4 is 0 Å². The van der Waals surface area contributed by atoms with Gasteiger partial charge in [-0.3, -0.25) is 4.79 Å². The van der Waals surface area contributed by atoms with E-state index in [9.17, 15) is 4.79 Å². The Bertz CT molecular complexity index is 677. The van der Waals surface area contributed by atoms with Crippen LogP contribution >= 0.6 is 0 Å². The number of Topliss-reactive ketones (excluding diaryl/α,β-unsaturated/α-hetero) is 1. The Balaban J connectivity index is 2.38. The van der Waals surface area contributed by atoms with Gasteiger partial charge in [0.2, 0.25) is 0 Å². The highest BCUT2D eigenvalue weighted by atomic mass is 16.3. The molecule has 2 heterocycles. The quantitative estimate of drug-likeness (QED) is 0.677. The molecule has 0 spiro atoms. The molecule has 0 saturated heterocycles. The van der Waals surface area contributed by atoms with Crippen LogP contribution in [0.1, 0.15) is 17.3 Å². The van der Waals surface area contributed by atoms with Crippen molar-refractivity contribution < 1.29 is 9.21 Å². The van der Waals surface area contributed by atoms with E-state index in [2.05, 4.69) is 4.98 Å². The Morgan fingerprint density at radius 2 is 2.00 bits per heavy atom. The van der Waals surface area contributed by atoms with E-state index in [1.54, 1.807) is 13.2 Å². The maximum atomic E-state index is 11.8. The number of rotatable bonds is 2. The first kappa shape index (κ1) is 9.90. The zero-order valence-electron chi connectivity index (χ0n) is 9.36. The molecule has 0 fully saturated rings. The zero-order valence-corrected chi connectivity index (χ0v) is 9.36. The second kappa shape index (κ2) is 3.63. The van der Waals surface area contributed by atoms with Crippen LogP contribution in [0.2, 0.25) is 0 Å². The van der Waals surface area contributed by atoms with E-state index in [-0.39, 0.29) is 5.78 Å². The molecule has 2 aromatic heterocycles. The van der Waals surface area contributed by atoms with E-state index >= 15 is 0 Å². The number of hydrogen-bond acceptors (Lipinski definition) is 2.